The molecule has 0 fully saturated rings. The molecule has 6 nitrogen and oxygen atoms in total. The van der Waals surface area contributed by atoms with Crippen molar-refractivity contribution < 1.29 is 29.5 Å². The number of hydrogen-bond donors (Lipinski definition) is 4. The van der Waals surface area contributed by atoms with Gasteiger partial charge in [-0.3, -0.25) is 0 Å². The molecule has 0 aliphatic heterocycles. The van der Waals surface area contributed by atoms with E-state index in [0.29, 0.717) is 0 Å². The SMILES string of the molecule is N.N.[O]=[Cr](=[O])([OH])[OH]. The average molecular weight is 152 g/mol. The van der Waals surface area contributed by atoms with E-state index in [9.17, 15) is 0 Å². The Labute approximate surface area is 42.7 Å². The van der Waals surface area contributed by atoms with Crippen molar-refractivity contribution in [1.82, 2.24) is 12.3 Å². The Balaban J connectivity index is -0.0000000800. The first-order valence-corrected chi connectivity index (χ1v) is 2.88. The van der Waals surface area contributed by atoms with E-state index in [1.165, 1.54) is 0 Å². The zero-order valence-corrected chi connectivity index (χ0v) is 4.81. The summed E-state index contributed by atoms with van der Waals surface area (Å²) in [6, 6.07) is 0. The minimum absolute atomic E-state index is 0. The van der Waals surface area contributed by atoms with Crippen LogP contribution in [0, 0.1) is 0 Å². The maximum atomic E-state index is 8.82. The summed E-state index contributed by atoms with van der Waals surface area (Å²) < 4.78 is 31.9. The van der Waals surface area contributed by atoms with Gasteiger partial charge in [0.15, 0.2) is 0 Å². The summed E-state index contributed by atoms with van der Waals surface area (Å²) in [7, 11) is 0. The van der Waals surface area contributed by atoms with Crippen LogP contribution in [0.15, 0.2) is 0 Å². The molecule has 7 heavy (non-hydrogen) atoms. The Morgan fingerprint density at radius 2 is 1.00 bits per heavy atom. The first-order valence-electron chi connectivity index (χ1n) is 0.698. The predicted molar refractivity (Wildman–Crippen MR) is 15.9 cm³/mol. The normalized spacial score (nSPS) is 8.29. The number of hydrogen-bond acceptors (Lipinski definition) is 4. The van der Waals surface area contributed by atoms with Gasteiger partial charge in [0.25, 0.3) is 0 Å². The van der Waals surface area contributed by atoms with Crippen molar-refractivity contribution in [3.63, 3.8) is 0 Å². The van der Waals surface area contributed by atoms with E-state index in [-0.39, 0.29) is 12.3 Å². The monoisotopic (exact) mass is 152 g/mol. The zero-order valence-electron chi connectivity index (χ0n) is 3.53. The van der Waals surface area contributed by atoms with Gasteiger partial charge in [-0.25, -0.2) is 0 Å². The first-order chi connectivity index (χ1) is 2.00. The summed E-state index contributed by atoms with van der Waals surface area (Å²) in [4.78, 5) is 0. The molecular weight excluding hydrogens is 144 g/mol. The van der Waals surface area contributed by atoms with Crippen molar-refractivity contribution in [2.24, 2.45) is 0 Å². The van der Waals surface area contributed by atoms with Gasteiger partial charge >= 0.3 is 29.5 Å². The molecule has 0 saturated heterocycles. The molecule has 8 N–H and O–H groups in total. The van der Waals surface area contributed by atoms with E-state index in [4.69, 9.17) is 15.9 Å². The molecule has 0 rings (SSSR count). The van der Waals surface area contributed by atoms with E-state index < -0.39 is 13.6 Å². The topological polar surface area (TPSA) is 145 Å². The summed E-state index contributed by atoms with van der Waals surface area (Å²) in [5.41, 5.74) is 0. The van der Waals surface area contributed by atoms with Crippen LogP contribution in [0.25, 0.3) is 0 Å². The van der Waals surface area contributed by atoms with Crippen LogP contribution in [0.5, 0.6) is 0 Å². The fourth-order valence-corrected chi connectivity index (χ4v) is 0. The van der Waals surface area contributed by atoms with Crippen LogP contribution in [-0.2, 0) is 21.2 Å². The Kier molecular flexibility index (Phi) is 9.32. The van der Waals surface area contributed by atoms with Gasteiger partial charge in [0.2, 0.25) is 0 Å². The molecule has 0 atom stereocenters. The van der Waals surface area contributed by atoms with Crippen molar-refractivity contribution >= 4 is 0 Å². The molecule has 0 aliphatic rings. The van der Waals surface area contributed by atoms with Crippen molar-refractivity contribution in [1.29, 1.82) is 0 Å². The van der Waals surface area contributed by atoms with Crippen molar-refractivity contribution in [2.45, 2.75) is 0 Å². The molecule has 0 aliphatic carbocycles. The summed E-state index contributed by atoms with van der Waals surface area (Å²) in [6.07, 6.45) is 0. The molecule has 0 unspecified atom stereocenters. The Morgan fingerprint density at radius 3 is 1.00 bits per heavy atom. The summed E-state index contributed by atoms with van der Waals surface area (Å²) >= 11 is -5.25. The molecule has 48 valence electrons. The molecule has 0 bridgehead atoms. The van der Waals surface area contributed by atoms with Gasteiger partial charge in [-0.05, 0) is 0 Å². The second-order valence-corrected chi connectivity index (χ2v) is 1.85. The van der Waals surface area contributed by atoms with Gasteiger partial charge in [0.05, 0.1) is 0 Å². The molecule has 0 spiro atoms. The molecule has 0 amide bonds. The Hall–Kier alpha value is -0.0275. The quantitative estimate of drug-likeness (QED) is 0.349. The van der Waals surface area contributed by atoms with Crippen molar-refractivity contribution in [2.75, 3.05) is 0 Å². The summed E-state index contributed by atoms with van der Waals surface area (Å²) in [5.74, 6) is 0. The molecule has 0 aromatic carbocycles. The third-order valence-corrected chi connectivity index (χ3v) is 0. The minimum atomic E-state index is -5.25. The van der Waals surface area contributed by atoms with Crippen LogP contribution in [0.2, 0.25) is 0 Å². The van der Waals surface area contributed by atoms with E-state index in [1.807, 2.05) is 0 Å². The van der Waals surface area contributed by atoms with E-state index in [2.05, 4.69) is 0 Å². The maximum absolute atomic E-state index is 8.82. The van der Waals surface area contributed by atoms with Gasteiger partial charge in [-0.15, -0.1) is 0 Å². The van der Waals surface area contributed by atoms with Crippen LogP contribution < -0.4 is 12.3 Å². The molecule has 0 saturated carbocycles. The van der Waals surface area contributed by atoms with E-state index in [0.717, 1.165) is 0 Å². The average Bonchev–Trinajstić information content (AvgIpc) is 0.722. The van der Waals surface area contributed by atoms with Gasteiger partial charge in [-0.2, -0.15) is 0 Å². The first kappa shape index (κ1) is 15.8. The van der Waals surface area contributed by atoms with Gasteiger partial charge in [0, 0.05) is 0 Å². The van der Waals surface area contributed by atoms with Crippen molar-refractivity contribution in [3.8, 4) is 0 Å². The fraction of sp³-hybridized carbons (Fsp3) is 0. The van der Waals surface area contributed by atoms with Crippen LogP contribution in [0.3, 0.4) is 0 Å². The van der Waals surface area contributed by atoms with Gasteiger partial charge in [-0.1, -0.05) is 0 Å². The predicted octanol–water partition coefficient (Wildman–Crippen LogP) is -1.03. The summed E-state index contributed by atoms with van der Waals surface area (Å²) in [5, 5.41) is 0. The van der Waals surface area contributed by atoms with E-state index in [1.54, 1.807) is 0 Å². The van der Waals surface area contributed by atoms with E-state index >= 15 is 0 Å². The number of rotatable bonds is 0. The second kappa shape index (κ2) is 4.14. The molecule has 0 aromatic rings. The zero-order chi connectivity index (χ0) is 4.50. The van der Waals surface area contributed by atoms with Crippen molar-refractivity contribution in [3.05, 3.63) is 0 Å². The molecule has 0 aromatic heterocycles. The van der Waals surface area contributed by atoms with Crippen LogP contribution in [0.4, 0.5) is 0 Å². The van der Waals surface area contributed by atoms with Gasteiger partial charge in [0.1, 0.15) is 0 Å². The van der Waals surface area contributed by atoms with Crippen LogP contribution in [-0.4, -0.2) is 8.32 Å². The molecule has 7 heteroatoms. The molecule has 0 heterocycles. The Morgan fingerprint density at radius 1 is 1.00 bits per heavy atom. The summed E-state index contributed by atoms with van der Waals surface area (Å²) in [6.45, 7) is 0. The fourth-order valence-electron chi connectivity index (χ4n) is 0. The van der Waals surface area contributed by atoms with Crippen LogP contribution in [0.1, 0.15) is 0 Å². The van der Waals surface area contributed by atoms with Gasteiger partial charge < -0.3 is 12.3 Å². The third-order valence-electron chi connectivity index (χ3n) is 0. The second-order valence-electron chi connectivity index (χ2n) is 0.448. The Bertz CT molecular complexity index is 92.9. The third kappa shape index (κ3) is 124000. The molecule has 0 radical (unpaired) electrons. The standard InChI is InChI=1S/Cr.2H3N.2H2O.2O/h;2*1H3;2*1H2;;/q+2;;;;;;/p-2. The molecular formula is H8CrN2O4. The van der Waals surface area contributed by atoms with Crippen LogP contribution >= 0.6 is 0 Å².